The monoisotopic (exact) mass is 264 g/mol. The summed E-state index contributed by atoms with van der Waals surface area (Å²) in [4.78, 5) is 12.6. The van der Waals surface area contributed by atoms with Crippen molar-refractivity contribution in [3.05, 3.63) is 22.4 Å². The molecule has 0 radical (unpaired) electrons. The molecule has 3 nitrogen and oxygen atoms in total. The molecule has 0 bridgehead atoms. The number of carbonyl (C=O) groups excluding carboxylic acids is 1. The van der Waals surface area contributed by atoms with E-state index in [2.05, 4.69) is 11.4 Å². The van der Waals surface area contributed by atoms with Gasteiger partial charge in [-0.25, -0.2) is 0 Å². The predicted octanol–water partition coefficient (Wildman–Crippen LogP) is 3.39. The van der Waals surface area contributed by atoms with E-state index in [0.717, 1.165) is 17.7 Å². The highest BCUT2D eigenvalue weighted by molar-refractivity contribution is 7.27. The van der Waals surface area contributed by atoms with Crippen LogP contribution in [0.3, 0.4) is 0 Å². The Morgan fingerprint density at radius 1 is 1.41 bits per heavy atom. The lowest BCUT2D eigenvalue weighted by Crippen LogP contribution is -2.23. The quantitative estimate of drug-likeness (QED) is 0.842. The van der Waals surface area contributed by atoms with Gasteiger partial charge in [0.15, 0.2) is 0 Å². The number of nitrogens with one attached hydrogen (secondary N) is 1. The Morgan fingerprint density at radius 2 is 2.29 bits per heavy atom. The topological polar surface area (TPSA) is 52.9 Å². The van der Waals surface area contributed by atoms with E-state index in [1.54, 1.807) is 11.3 Å². The average Bonchev–Trinajstić information content (AvgIpc) is 2.88. The Bertz CT molecular complexity index is 522. The van der Waals surface area contributed by atoms with E-state index in [1.807, 2.05) is 17.5 Å². The summed E-state index contributed by atoms with van der Waals surface area (Å²) in [6.45, 7) is 0.645. The van der Waals surface area contributed by atoms with Crippen molar-refractivity contribution in [2.75, 3.05) is 6.54 Å². The molecule has 2 aromatic rings. The zero-order valence-electron chi connectivity index (χ0n) is 9.23. The fourth-order valence-electron chi connectivity index (χ4n) is 1.50. The van der Waals surface area contributed by atoms with Gasteiger partial charge in [0.2, 0.25) is 0 Å². The van der Waals surface area contributed by atoms with Gasteiger partial charge in [-0.2, -0.15) is 5.26 Å². The molecule has 0 aliphatic carbocycles. The molecule has 2 aromatic heterocycles. The van der Waals surface area contributed by atoms with E-state index in [4.69, 9.17) is 5.26 Å². The third-order valence-electron chi connectivity index (χ3n) is 2.36. The number of amides is 1. The number of nitriles is 1. The van der Waals surface area contributed by atoms with Gasteiger partial charge in [-0.3, -0.25) is 4.79 Å². The van der Waals surface area contributed by atoms with Gasteiger partial charge in [0.1, 0.15) is 0 Å². The first-order valence-electron chi connectivity index (χ1n) is 5.43. The molecule has 88 valence electrons. The second-order valence-corrected chi connectivity index (χ2v) is 5.66. The molecule has 1 N–H and O–H groups in total. The number of carbonyl (C=O) groups is 1. The maximum atomic E-state index is 11.8. The third kappa shape index (κ3) is 3.05. The van der Waals surface area contributed by atoms with E-state index in [0.29, 0.717) is 13.0 Å². The smallest absolute Gasteiger partial charge is 0.261 e. The maximum Gasteiger partial charge on any atom is 0.261 e. The van der Waals surface area contributed by atoms with Gasteiger partial charge in [0.05, 0.1) is 10.9 Å². The van der Waals surface area contributed by atoms with Crippen molar-refractivity contribution in [2.45, 2.75) is 19.3 Å². The van der Waals surface area contributed by atoms with Gasteiger partial charge < -0.3 is 5.32 Å². The van der Waals surface area contributed by atoms with Crippen molar-refractivity contribution < 1.29 is 4.79 Å². The Balaban J connectivity index is 1.84. The molecule has 5 heteroatoms. The molecule has 0 saturated heterocycles. The first-order valence-corrected chi connectivity index (χ1v) is 7.13. The highest BCUT2D eigenvalue weighted by atomic mass is 32.1. The summed E-state index contributed by atoms with van der Waals surface area (Å²) in [6, 6.07) is 6.07. The average molecular weight is 264 g/mol. The molecule has 2 rings (SSSR count). The summed E-state index contributed by atoms with van der Waals surface area (Å²) in [6.07, 6.45) is 2.26. The van der Waals surface area contributed by atoms with Gasteiger partial charge in [-0.15, -0.1) is 22.7 Å². The first kappa shape index (κ1) is 12.1. The van der Waals surface area contributed by atoms with Gasteiger partial charge in [0.25, 0.3) is 5.91 Å². The fourth-order valence-corrected chi connectivity index (χ4v) is 3.52. The van der Waals surface area contributed by atoms with Crippen LogP contribution in [0.1, 0.15) is 28.9 Å². The minimum atomic E-state index is -0.00430. The van der Waals surface area contributed by atoms with Crippen LogP contribution in [0.15, 0.2) is 17.5 Å². The Kier molecular flexibility index (Phi) is 4.13. The summed E-state index contributed by atoms with van der Waals surface area (Å²) in [5.41, 5.74) is 0. The summed E-state index contributed by atoms with van der Waals surface area (Å²) in [5, 5.41) is 13.3. The number of rotatable bonds is 5. The highest BCUT2D eigenvalue weighted by Gasteiger charge is 2.09. The van der Waals surface area contributed by atoms with Crippen molar-refractivity contribution in [1.29, 1.82) is 5.26 Å². The van der Waals surface area contributed by atoms with Crippen molar-refractivity contribution in [3.8, 4) is 6.07 Å². The molecule has 2 heterocycles. The number of hydrogen-bond donors (Lipinski definition) is 1. The van der Waals surface area contributed by atoms with Crippen LogP contribution in [0.2, 0.25) is 0 Å². The minimum Gasteiger partial charge on any atom is -0.351 e. The molecule has 0 fully saturated rings. The third-order valence-corrected chi connectivity index (χ3v) is 4.46. The van der Waals surface area contributed by atoms with Gasteiger partial charge in [-0.05, 0) is 30.4 Å². The van der Waals surface area contributed by atoms with Crippen LogP contribution in [0, 0.1) is 11.3 Å². The molecule has 0 unspecified atom stereocenters. The zero-order chi connectivity index (χ0) is 12.1. The molecular weight excluding hydrogens is 252 g/mol. The standard InChI is InChI=1S/C12H12N2OS2/c13-5-2-1-3-6-14-12(15)11-8-10-9(17-11)4-7-16-10/h4,7-8H,1-3,6H2,(H,14,15). The molecule has 0 aliphatic heterocycles. The minimum absolute atomic E-state index is 0.00430. The zero-order valence-corrected chi connectivity index (χ0v) is 10.9. The van der Waals surface area contributed by atoms with Crippen molar-refractivity contribution in [2.24, 2.45) is 0 Å². The Morgan fingerprint density at radius 3 is 3.06 bits per heavy atom. The van der Waals surface area contributed by atoms with Crippen LogP contribution in [0.5, 0.6) is 0 Å². The van der Waals surface area contributed by atoms with Crippen LogP contribution in [0.4, 0.5) is 0 Å². The van der Waals surface area contributed by atoms with Crippen molar-refractivity contribution >= 4 is 38.0 Å². The first-order chi connectivity index (χ1) is 8.31. The van der Waals surface area contributed by atoms with Crippen LogP contribution < -0.4 is 5.32 Å². The van der Waals surface area contributed by atoms with Crippen molar-refractivity contribution in [3.63, 3.8) is 0 Å². The molecule has 0 aliphatic rings. The fraction of sp³-hybridized carbons (Fsp3) is 0.333. The molecule has 0 atom stereocenters. The molecule has 1 amide bonds. The number of fused-ring (bicyclic) bond motifs is 1. The van der Waals surface area contributed by atoms with E-state index in [9.17, 15) is 4.79 Å². The summed E-state index contributed by atoms with van der Waals surface area (Å²) >= 11 is 3.18. The molecule has 0 saturated carbocycles. The van der Waals surface area contributed by atoms with Crippen LogP contribution in [0.25, 0.3) is 9.40 Å². The van der Waals surface area contributed by atoms with E-state index < -0.39 is 0 Å². The Labute approximate surface area is 108 Å². The van der Waals surface area contributed by atoms with Crippen LogP contribution in [-0.2, 0) is 0 Å². The number of hydrogen-bond acceptors (Lipinski definition) is 4. The highest BCUT2D eigenvalue weighted by Crippen LogP contribution is 2.29. The number of unbranched alkanes of at least 4 members (excludes halogenated alkanes) is 2. The predicted molar refractivity (Wildman–Crippen MR) is 71.5 cm³/mol. The summed E-state index contributed by atoms with van der Waals surface area (Å²) in [5.74, 6) is -0.00430. The normalized spacial score (nSPS) is 10.3. The molecule has 0 aromatic carbocycles. The maximum absolute atomic E-state index is 11.8. The second kappa shape index (κ2) is 5.80. The van der Waals surface area contributed by atoms with E-state index in [1.165, 1.54) is 20.7 Å². The summed E-state index contributed by atoms with van der Waals surface area (Å²) in [7, 11) is 0. The largest absolute Gasteiger partial charge is 0.351 e. The van der Waals surface area contributed by atoms with Gasteiger partial charge >= 0.3 is 0 Å². The SMILES string of the molecule is N#CCCCCNC(=O)c1cc2sccc2s1. The summed E-state index contributed by atoms with van der Waals surface area (Å²) < 4.78 is 2.34. The van der Waals surface area contributed by atoms with E-state index >= 15 is 0 Å². The molecule has 0 spiro atoms. The molecular formula is C12H12N2OS2. The Hall–Kier alpha value is -1.38. The lowest BCUT2D eigenvalue weighted by Gasteiger charge is -2.01. The molecule has 17 heavy (non-hydrogen) atoms. The van der Waals surface area contributed by atoms with Crippen molar-refractivity contribution in [1.82, 2.24) is 5.32 Å². The van der Waals surface area contributed by atoms with Gasteiger partial charge in [-0.1, -0.05) is 0 Å². The van der Waals surface area contributed by atoms with Crippen LogP contribution in [-0.4, -0.2) is 12.5 Å². The second-order valence-electron chi connectivity index (χ2n) is 3.63. The lowest BCUT2D eigenvalue weighted by atomic mass is 10.2. The number of thiophene rings is 2. The lowest BCUT2D eigenvalue weighted by molar-refractivity contribution is 0.0957. The number of nitrogens with zero attached hydrogens (tertiary/aromatic N) is 1. The van der Waals surface area contributed by atoms with Crippen LogP contribution >= 0.6 is 22.7 Å². The van der Waals surface area contributed by atoms with Gasteiger partial charge in [0, 0.05) is 22.4 Å². The van der Waals surface area contributed by atoms with E-state index in [-0.39, 0.29) is 5.91 Å².